The van der Waals surface area contributed by atoms with Gasteiger partial charge in [-0.05, 0) is 49.7 Å². The Kier molecular flexibility index (Phi) is 6.42. The molecule has 0 aliphatic rings. The number of ether oxygens (including phenoxy) is 1. The van der Waals surface area contributed by atoms with E-state index in [2.05, 4.69) is 31.5 Å². The van der Waals surface area contributed by atoms with E-state index in [4.69, 9.17) is 4.74 Å². The van der Waals surface area contributed by atoms with Crippen molar-refractivity contribution in [1.82, 2.24) is 10.3 Å². The topological polar surface area (TPSA) is 63.2 Å². The van der Waals surface area contributed by atoms with Crippen LogP contribution in [0.5, 0.6) is 0 Å². The van der Waals surface area contributed by atoms with Crippen LogP contribution in [0.15, 0.2) is 16.7 Å². The summed E-state index contributed by atoms with van der Waals surface area (Å²) in [7, 11) is 0. The highest BCUT2D eigenvalue weighted by atomic mass is 79.9. The van der Waals surface area contributed by atoms with E-state index in [1.165, 1.54) is 0 Å². The Morgan fingerprint density at radius 2 is 2.15 bits per heavy atom. The van der Waals surface area contributed by atoms with E-state index in [0.717, 1.165) is 4.47 Å². The van der Waals surface area contributed by atoms with Gasteiger partial charge in [0.25, 0.3) is 5.91 Å². The smallest absolute Gasteiger partial charge is 0.255 e. The van der Waals surface area contributed by atoms with Crippen LogP contribution in [0.4, 0.5) is 5.82 Å². The predicted molar refractivity (Wildman–Crippen MR) is 84.1 cm³/mol. The van der Waals surface area contributed by atoms with Crippen molar-refractivity contribution in [2.45, 2.75) is 33.3 Å². The molecule has 0 aromatic carbocycles. The summed E-state index contributed by atoms with van der Waals surface area (Å²) in [6.45, 7) is 9.55. The third-order valence-corrected chi connectivity index (χ3v) is 3.09. The van der Waals surface area contributed by atoms with Crippen LogP contribution in [0.1, 0.15) is 38.1 Å². The highest BCUT2D eigenvalue weighted by Crippen LogP contribution is 2.18. The molecule has 0 saturated heterocycles. The Morgan fingerprint density at radius 3 is 2.75 bits per heavy atom. The Hall–Kier alpha value is -1.14. The molecule has 1 aromatic heterocycles. The molecule has 1 amide bonds. The zero-order valence-corrected chi connectivity index (χ0v) is 14.0. The molecule has 0 fully saturated rings. The summed E-state index contributed by atoms with van der Waals surface area (Å²) >= 11 is 3.34. The summed E-state index contributed by atoms with van der Waals surface area (Å²) in [5.41, 5.74) is 0.135. The first-order valence-electron chi connectivity index (χ1n) is 6.71. The van der Waals surface area contributed by atoms with E-state index in [0.29, 0.717) is 31.1 Å². The summed E-state index contributed by atoms with van der Waals surface area (Å²) in [6.07, 6.45) is 1.67. The van der Waals surface area contributed by atoms with Crippen LogP contribution in [0.25, 0.3) is 0 Å². The van der Waals surface area contributed by atoms with Gasteiger partial charge in [0.2, 0.25) is 0 Å². The third-order valence-electron chi connectivity index (χ3n) is 2.65. The number of hydrogen-bond donors (Lipinski definition) is 2. The maximum atomic E-state index is 12.3. The number of nitrogens with one attached hydrogen (secondary N) is 2. The maximum absolute atomic E-state index is 12.3. The molecule has 5 nitrogen and oxygen atoms in total. The number of carbonyl (C=O) groups is 1. The number of pyridine rings is 1. The molecule has 1 rings (SSSR count). The average Bonchev–Trinajstić information content (AvgIpc) is 2.38. The molecule has 0 radical (unpaired) electrons. The van der Waals surface area contributed by atoms with Crippen LogP contribution in [-0.4, -0.2) is 36.2 Å². The van der Waals surface area contributed by atoms with Crippen molar-refractivity contribution in [1.29, 1.82) is 0 Å². The molecule has 0 bridgehead atoms. The van der Waals surface area contributed by atoms with Crippen molar-refractivity contribution in [2.75, 3.05) is 25.0 Å². The van der Waals surface area contributed by atoms with E-state index in [-0.39, 0.29) is 11.5 Å². The molecule has 0 unspecified atom stereocenters. The van der Waals surface area contributed by atoms with E-state index in [1.54, 1.807) is 12.3 Å². The van der Waals surface area contributed by atoms with Crippen LogP contribution in [0.3, 0.4) is 0 Å². The van der Waals surface area contributed by atoms with E-state index < -0.39 is 0 Å². The second kappa shape index (κ2) is 7.59. The molecular weight excluding hydrogens is 322 g/mol. The normalized spacial score (nSPS) is 11.2. The van der Waals surface area contributed by atoms with E-state index in [1.807, 2.05) is 27.7 Å². The Balaban J connectivity index is 2.79. The van der Waals surface area contributed by atoms with Gasteiger partial charge in [-0.1, -0.05) is 0 Å². The standard InChI is InChI=1S/C14H22BrN3O2/c1-5-16-12-11(7-10(15)8-17-12)13(19)18-9-14(3,4)20-6-2/h7-8H,5-6,9H2,1-4H3,(H,16,17)(H,18,19). The molecule has 0 saturated carbocycles. The number of amides is 1. The largest absolute Gasteiger partial charge is 0.374 e. The minimum Gasteiger partial charge on any atom is -0.374 e. The van der Waals surface area contributed by atoms with Crippen LogP contribution < -0.4 is 10.6 Å². The second-order valence-electron chi connectivity index (χ2n) is 4.96. The van der Waals surface area contributed by atoms with Crippen LogP contribution in [0.2, 0.25) is 0 Å². The van der Waals surface area contributed by atoms with E-state index in [9.17, 15) is 4.79 Å². The lowest BCUT2D eigenvalue weighted by molar-refractivity contribution is -0.00815. The van der Waals surface area contributed by atoms with Crippen LogP contribution in [-0.2, 0) is 4.74 Å². The number of aromatic nitrogens is 1. The first-order chi connectivity index (χ1) is 9.39. The van der Waals surface area contributed by atoms with Gasteiger partial charge in [0, 0.05) is 30.4 Å². The summed E-state index contributed by atoms with van der Waals surface area (Å²) in [4.78, 5) is 16.5. The van der Waals surface area contributed by atoms with Crippen LogP contribution in [0, 0.1) is 0 Å². The molecule has 0 aliphatic heterocycles. The maximum Gasteiger partial charge on any atom is 0.255 e. The lowest BCUT2D eigenvalue weighted by atomic mass is 10.1. The van der Waals surface area contributed by atoms with Crippen molar-refractivity contribution < 1.29 is 9.53 Å². The molecule has 112 valence electrons. The monoisotopic (exact) mass is 343 g/mol. The van der Waals surface area contributed by atoms with Gasteiger partial charge < -0.3 is 15.4 Å². The molecule has 0 atom stereocenters. The van der Waals surface area contributed by atoms with Crippen molar-refractivity contribution in [3.63, 3.8) is 0 Å². The zero-order valence-electron chi connectivity index (χ0n) is 12.4. The Labute approximate surface area is 128 Å². The van der Waals surface area contributed by atoms with Gasteiger partial charge in [0.15, 0.2) is 0 Å². The number of anilines is 1. The number of hydrogen-bond acceptors (Lipinski definition) is 4. The summed E-state index contributed by atoms with van der Waals surface area (Å²) in [6, 6.07) is 1.76. The fraction of sp³-hybridized carbons (Fsp3) is 0.571. The summed E-state index contributed by atoms with van der Waals surface area (Å²) < 4.78 is 6.33. The molecular formula is C14H22BrN3O2. The van der Waals surface area contributed by atoms with Gasteiger partial charge in [0.1, 0.15) is 5.82 Å². The van der Waals surface area contributed by atoms with Gasteiger partial charge in [-0.2, -0.15) is 0 Å². The SMILES string of the molecule is CCNc1ncc(Br)cc1C(=O)NCC(C)(C)OCC. The van der Waals surface area contributed by atoms with Crippen molar-refractivity contribution in [2.24, 2.45) is 0 Å². The van der Waals surface area contributed by atoms with Crippen molar-refractivity contribution >= 4 is 27.7 Å². The minimum absolute atomic E-state index is 0.164. The van der Waals surface area contributed by atoms with Crippen molar-refractivity contribution in [3.05, 3.63) is 22.3 Å². The van der Waals surface area contributed by atoms with Crippen molar-refractivity contribution in [3.8, 4) is 0 Å². The molecule has 0 spiro atoms. The number of carbonyl (C=O) groups excluding carboxylic acids is 1. The molecule has 0 aliphatic carbocycles. The highest BCUT2D eigenvalue weighted by molar-refractivity contribution is 9.10. The van der Waals surface area contributed by atoms with Gasteiger partial charge in [0.05, 0.1) is 11.2 Å². The first kappa shape index (κ1) is 16.9. The second-order valence-corrected chi connectivity index (χ2v) is 5.87. The molecule has 6 heteroatoms. The van der Waals surface area contributed by atoms with Gasteiger partial charge >= 0.3 is 0 Å². The third kappa shape index (κ3) is 5.09. The minimum atomic E-state index is -0.387. The number of rotatable bonds is 7. The molecule has 1 aromatic rings. The molecule has 2 N–H and O–H groups in total. The average molecular weight is 344 g/mol. The number of nitrogens with zero attached hydrogens (tertiary/aromatic N) is 1. The van der Waals surface area contributed by atoms with Gasteiger partial charge in [-0.15, -0.1) is 0 Å². The summed E-state index contributed by atoms with van der Waals surface area (Å²) in [5, 5.41) is 5.97. The predicted octanol–water partition coefficient (Wildman–Crippen LogP) is 2.82. The number of halogens is 1. The Morgan fingerprint density at radius 1 is 1.45 bits per heavy atom. The van der Waals surface area contributed by atoms with E-state index >= 15 is 0 Å². The lowest BCUT2D eigenvalue weighted by Crippen LogP contribution is -2.40. The van der Waals surface area contributed by atoms with Crippen LogP contribution >= 0.6 is 15.9 Å². The van der Waals surface area contributed by atoms with Gasteiger partial charge in [-0.3, -0.25) is 4.79 Å². The lowest BCUT2D eigenvalue weighted by Gasteiger charge is -2.25. The molecule has 20 heavy (non-hydrogen) atoms. The van der Waals surface area contributed by atoms with Gasteiger partial charge in [-0.25, -0.2) is 4.98 Å². The zero-order chi connectivity index (χ0) is 15.2. The highest BCUT2D eigenvalue weighted by Gasteiger charge is 2.20. The summed E-state index contributed by atoms with van der Waals surface area (Å²) in [5.74, 6) is 0.421. The quantitative estimate of drug-likeness (QED) is 0.798. The fourth-order valence-electron chi connectivity index (χ4n) is 1.75. The first-order valence-corrected chi connectivity index (χ1v) is 7.50. The molecule has 1 heterocycles. The fourth-order valence-corrected chi connectivity index (χ4v) is 2.08. The Bertz CT molecular complexity index is 464.